The number of sulfonamides is 1. The Morgan fingerprint density at radius 1 is 1.24 bits per heavy atom. The fraction of sp³-hybridized carbons (Fsp3) is 0.643. The Hall–Kier alpha value is -1.18. The zero-order valence-electron chi connectivity index (χ0n) is 12.2. The Balaban J connectivity index is 1.87. The number of H-pyrrole nitrogens is 1. The van der Waals surface area contributed by atoms with Gasteiger partial charge in [0.25, 0.3) is 0 Å². The standard InChI is InChI=1S/C14H21N3O3S/c1-11-9-16-7-3-2-4-12(16)10-17(11)21(19,20)13-5-6-14(18)15-8-13/h5-6,8,11-12H,2-4,7,9-10H2,1H3,(H,15,18). The summed E-state index contributed by atoms with van der Waals surface area (Å²) in [5.41, 5.74) is -0.293. The Morgan fingerprint density at radius 3 is 2.76 bits per heavy atom. The van der Waals surface area contributed by atoms with E-state index < -0.39 is 10.0 Å². The highest BCUT2D eigenvalue weighted by molar-refractivity contribution is 7.89. The average Bonchev–Trinajstić information content (AvgIpc) is 2.47. The van der Waals surface area contributed by atoms with Crippen LogP contribution in [0.15, 0.2) is 28.0 Å². The lowest BCUT2D eigenvalue weighted by Crippen LogP contribution is -2.59. The van der Waals surface area contributed by atoms with E-state index in [2.05, 4.69) is 9.88 Å². The highest BCUT2D eigenvalue weighted by Crippen LogP contribution is 2.27. The lowest BCUT2D eigenvalue weighted by Gasteiger charge is -2.46. The van der Waals surface area contributed by atoms with Crippen molar-refractivity contribution in [3.8, 4) is 0 Å². The van der Waals surface area contributed by atoms with Gasteiger partial charge in [0, 0.05) is 37.4 Å². The molecule has 2 aliphatic heterocycles. The Morgan fingerprint density at radius 2 is 2.05 bits per heavy atom. The molecule has 3 heterocycles. The molecule has 0 bridgehead atoms. The van der Waals surface area contributed by atoms with Crippen LogP contribution in [0, 0.1) is 0 Å². The van der Waals surface area contributed by atoms with Crippen molar-refractivity contribution in [3.05, 3.63) is 28.7 Å². The number of pyridine rings is 1. The van der Waals surface area contributed by atoms with Crippen molar-refractivity contribution >= 4 is 10.0 Å². The van der Waals surface area contributed by atoms with Crippen LogP contribution in [0.5, 0.6) is 0 Å². The van der Waals surface area contributed by atoms with E-state index >= 15 is 0 Å². The molecule has 7 heteroatoms. The van der Waals surface area contributed by atoms with E-state index in [9.17, 15) is 13.2 Å². The quantitative estimate of drug-likeness (QED) is 0.869. The lowest BCUT2D eigenvalue weighted by molar-refractivity contribution is 0.0564. The molecule has 0 radical (unpaired) electrons. The molecule has 2 fully saturated rings. The maximum atomic E-state index is 12.8. The maximum absolute atomic E-state index is 12.8. The second-order valence-corrected chi connectivity index (χ2v) is 7.85. The molecule has 2 saturated heterocycles. The van der Waals surface area contributed by atoms with E-state index in [0.29, 0.717) is 12.6 Å². The summed E-state index contributed by atoms with van der Waals surface area (Å²) in [4.78, 5) is 16.1. The van der Waals surface area contributed by atoms with Crippen molar-refractivity contribution in [3.63, 3.8) is 0 Å². The third-order valence-electron chi connectivity index (χ3n) is 4.49. The van der Waals surface area contributed by atoms with Crippen molar-refractivity contribution in [2.45, 2.75) is 43.2 Å². The van der Waals surface area contributed by atoms with Gasteiger partial charge in [-0.15, -0.1) is 0 Å². The number of aromatic nitrogens is 1. The molecule has 2 aliphatic rings. The summed E-state index contributed by atoms with van der Waals surface area (Å²) >= 11 is 0. The van der Waals surface area contributed by atoms with Crippen molar-refractivity contribution in [2.24, 2.45) is 0 Å². The molecule has 1 N–H and O–H groups in total. The third-order valence-corrected chi connectivity index (χ3v) is 6.47. The largest absolute Gasteiger partial charge is 0.328 e. The van der Waals surface area contributed by atoms with Crippen LogP contribution in [0.25, 0.3) is 0 Å². The van der Waals surface area contributed by atoms with Crippen molar-refractivity contribution in [1.82, 2.24) is 14.2 Å². The highest BCUT2D eigenvalue weighted by atomic mass is 32.2. The average molecular weight is 311 g/mol. The van der Waals surface area contributed by atoms with Crippen molar-refractivity contribution in [1.29, 1.82) is 0 Å². The third kappa shape index (κ3) is 2.77. The second kappa shape index (κ2) is 5.55. The van der Waals surface area contributed by atoms with Crippen LogP contribution in [-0.2, 0) is 10.0 Å². The van der Waals surface area contributed by atoms with Gasteiger partial charge < -0.3 is 4.98 Å². The van der Waals surface area contributed by atoms with Crippen LogP contribution in [-0.4, -0.2) is 54.3 Å². The van der Waals surface area contributed by atoms with Crippen LogP contribution in [0.2, 0.25) is 0 Å². The van der Waals surface area contributed by atoms with Gasteiger partial charge in [0.05, 0.1) is 4.90 Å². The number of nitrogens with zero attached hydrogens (tertiary/aromatic N) is 2. The number of hydrogen-bond acceptors (Lipinski definition) is 4. The molecule has 2 atom stereocenters. The van der Waals surface area contributed by atoms with E-state index in [-0.39, 0.29) is 16.5 Å². The highest BCUT2D eigenvalue weighted by Gasteiger charge is 2.39. The molecule has 6 nitrogen and oxygen atoms in total. The van der Waals surface area contributed by atoms with E-state index in [0.717, 1.165) is 19.5 Å². The SMILES string of the molecule is CC1CN2CCCCC2CN1S(=O)(=O)c1ccc(=O)[nH]c1. The van der Waals surface area contributed by atoms with Gasteiger partial charge in [-0.2, -0.15) is 4.31 Å². The van der Waals surface area contributed by atoms with Crippen LogP contribution in [0.4, 0.5) is 0 Å². The van der Waals surface area contributed by atoms with Gasteiger partial charge in [-0.3, -0.25) is 9.69 Å². The van der Waals surface area contributed by atoms with E-state index in [4.69, 9.17) is 0 Å². The molecular formula is C14H21N3O3S. The first kappa shape index (κ1) is 14.7. The monoisotopic (exact) mass is 311 g/mol. The number of nitrogens with one attached hydrogen (secondary N) is 1. The summed E-state index contributed by atoms with van der Waals surface area (Å²) in [6, 6.07) is 2.92. The minimum atomic E-state index is -3.54. The molecule has 0 spiro atoms. The smallest absolute Gasteiger partial charge is 0.247 e. The molecule has 1 aromatic heterocycles. The van der Waals surface area contributed by atoms with Gasteiger partial charge in [-0.05, 0) is 32.4 Å². The molecule has 116 valence electrons. The number of piperidine rings is 1. The topological polar surface area (TPSA) is 73.5 Å². The Labute approximate surface area is 124 Å². The normalized spacial score (nSPS) is 28.2. The zero-order chi connectivity index (χ0) is 15.0. The molecule has 1 aromatic rings. The van der Waals surface area contributed by atoms with Crippen LogP contribution >= 0.6 is 0 Å². The van der Waals surface area contributed by atoms with E-state index in [1.165, 1.54) is 31.2 Å². The van der Waals surface area contributed by atoms with Gasteiger partial charge in [0.2, 0.25) is 15.6 Å². The molecule has 0 aromatic carbocycles. The molecule has 0 saturated carbocycles. The first-order chi connectivity index (χ1) is 9.98. The maximum Gasteiger partial charge on any atom is 0.247 e. The summed E-state index contributed by atoms with van der Waals surface area (Å²) < 4.78 is 27.1. The van der Waals surface area contributed by atoms with Gasteiger partial charge >= 0.3 is 0 Å². The summed E-state index contributed by atoms with van der Waals surface area (Å²) in [5, 5.41) is 0. The fourth-order valence-electron chi connectivity index (χ4n) is 3.35. The first-order valence-electron chi connectivity index (χ1n) is 7.43. The molecule has 3 rings (SSSR count). The molecular weight excluding hydrogens is 290 g/mol. The first-order valence-corrected chi connectivity index (χ1v) is 8.87. The molecule has 0 aliphatic carbocycles. The summed E-state index contributed by atoms with van der Waals surface area (Å²) in [6.07, 6.45) is 4.72. The number of aromatic amines is 1. The van der Waals surface area contributed by atoms with Gasteiger partial charge in [-0.25, -0.2) is 8.42 Å². The summed E-state index contributed by atoms with van der Waals surface area (Å²) in [5.74, 6) is 0. The van der Waals surface area contributed by atoms with Gasteiger partial charge in [-0.1, -0.05) is 6.42 Å². The van der Waals surface area contributed by atoms with E-state index in [1.54, 1.807) is 4.31 Å². The number of piperazine rings is 1. The van der Waals surface area contributed by atoms with Gasteiger partial charge in [0.15, 0.2) is 0 Å². The van der Waals surface area contributed by atoms with Crippen LogP contribution in [0.1, 0.15) is 26.2 Å². The Kier molecular flexibility index (Phi) is 3.90. The molecule has 21 heavy (non-hydrogen) atoms. The summed E-state index contributed by atoms with van der Waals surface area (Å²) in [6.45, 7) is 4.35. The minimum absolute atomic E-state index is 0.0451. The van der Waals surface area contributed by atoms with Crippen LogP contribution < -0.4 is 5.56 Å². The van der Waals surface area contributed by atoms with E-state index in [1.807, 2.05) is 6.92 Å². The number of hydrogen-bond donors (Lipinski definition) is 1. The predicted octanol–water partition coefficient (Wildman–Crippen LogP) is 0.622. The minimum Gasteiger partial charge on any atom is -0.328 e. The van der Waals surface area contributed by atoms with Crippen molar-refractivity contribution in [2.75, 3.05) is 19.6 Å². The second-order valence-electron chi connectivity index (χ2n) is 5.96. The van der Waals surface area contributed by atoms with Crippen molar-refractivity contribution < 1.29 is 8.42 Å². The lowest BCUT2D eigenvalue weighted by atomic mass is 9.99. The predicted molar refractivity (Wildman–Crippen MR) is 79.6 cm³/mol. The fourth-order valence-corrected chi connectivity index (χ4v) is 4.98. The Bertz CT molecular complexity index is 650. The molecule has 0 amide bonds. The molecule has 2 unspecified atom stereocenters. The zero-order valence-corrected chi connectivity index (χ0v) is 13.0. The number of rotatable bonds is 2. The van der Waals surface area contributed by atoms with Crippen LogP contribution in [0.3, 0.4) is 0 Å². The summed E-state index contributed by atoms with van der Waals surface area (Å²) in [7, 11) is -3.54. The number of fused-ring (bicyclic) bond motifs is 1. The van der Waals surface area contributed by atoms with Gasteiger partial charge in [0.1, 0.15) is 0 Å².